The first-order chi connectivity index (χ1) is 7.69. The number of thiazole rings is 1. The Kier molecular flexibility index (Phi) is 3.52. The van der Waals surface area contributed by atoms with Gasteiger partial charge in [-0.2, -0.15) is 0 Å². The minimum Gasteiger partial charge on any atom is -0.476 e. The van der Waals surface area contributed by atoms with Crippen LogP contribution in [0.25, 0.3) is 0 Å². The van der Waals surface area contributed by atoms with Gasteiger partial charge in [0.05, 0.1) is 11.8 Å². The van der Waals surface area contributed by atoms with Crippen LogP contribution in [0.15, 0.2) is 5.38 Å². The molecule has 1 aromatic rings. The standard InChI is InChI=1S/C10H14N2O3S/c1-15-8-2-6(3-8)11-4-7-5-16-9(12-7)10(13)14/h5-6,8,11H,2-4H2,1H3,(H,13,14). The normalized spacial score (nSPS) is 24.1. The molecule has 0 saturated heterocycles. The van der Waals surface area contributed by atoms with Gasteiger partial charge in [-0.15, -0.1) is 11.3 Å². The number of ether oxygens (including phenoxy) is 1. The smallest absolute Gasteiger partial charge is 0.365 e. The molecule has 1 aromatic heterocycles. The molecule has 5 nitrogen and oxygen atoms in total. The number of aromatic carboxylic acids is 1. The van der Waals surface area contributed by atoms with Gasteiger partial charge < -0.3 is 15.2 Å². The van der Waals surface area contributed by atoms with E-state index in [4.69, 9.17) is 9.84 Å². The first-order valence-electron chi connectivity index (χ1n) is 5.13. The number of hydrogen-bond acceptors (Lipinski definition) is 5. The Bertz CT molecular complexity index is 374. The van der Waals surface area contributed by atoms with Crippen molar-refractivity contribution in [3.8, 4) is 0 Å². The maximum absolute atomic E-state index is 10.6. The Morgan fingerprint density at radius 2 is 2.50 bits per heavy atom. The van der Waals surface area contributed by atoms with E-state index in [0.717, 1.165) is 29.9 Å². The topological polar surface area (TPSA) is 71.5 Å². The second-order valence-corrected chi connectivity index (χ2v) is 4.71. The molecular formula is C10H14N2O3S. The molecule has 2 N–H and O–H groups in total. The molecule has 1 heterocycles. The van der Waals surface area contributed by atoms with Gasteiger partial charge >= 0.3 is 5.97 Å². The quantitative estimate of drug-likeness (QED) is 0.809. The molecule has 1 aliphatic rings. The lowest BCUT2D eigenvalue weighted by molar-refractivity contribution is 0.0169. The van der Waals surface area contributed by atoms with E-state index in [-0.39, 0.29) is 5.01 Å². The molecule has 1 saturated carbocycles. The van der Waals surface area contributed by atoms with Crippen molar-refractivity contribution in [2.45, 2.75) is 31.5 Å². The maximum Gasteiger partial charge on any atom is 0.365 e. The highest BCUT2D eigenvalue weighted by atomic mass is 32.1. The van der Waals surface area contributed by atoms with Crippen LogP contribution < -0.4 is 5.32 Å². The van der Waals surface area contributed by atoms with Crippen molar-refractivity contribution < 1.29 is 14.6 Å². The molecule has 16 heavy (non-hydrogen) atoms. The van der Waals surface area contributed by atoms with Crippen molar-refractivity contribution in [3.05, 3.63) is 16.1 Å². The number of carboxylic acid groups (broad SMARTS) is 1. The van der Waals surface area contributed by atoms with Gasteiger partial charge in [0, 0.05) is 25.1 Å². The second-order valence-electron chi connectivity index (χ2n) is 3.86. The SMILES string of the molecule is COC1CC(NCc2csc(C(=O)O)n2)C1. The molecule has 1 fully saturated rings. The highest BCUT2D eigenvalue weighted by molar-refractivity contribution is 7.11. The summed E-state index contributed by atoms with van der Waals surface area (Å²) in [5, 5.41) is 14.0. The number of rotatable bonds is 5. The molecule has 1 aliphatic carbocycles. The van der Waals surface area contributed by atoms with Crippen molar-refractivity contribution in [2.75, 3.05) is 7.11 Å². The van der Waals surface area contributed by atoms with Crippen LogP contribution in [-0.2, 0) is 11.3 Å². The minimum atomic E-state index is -0.959. The zero-order chi connectivity index (χ0) is 11.5. The Morgan fingerprint density at radius 1 is 1.75 bits per heavy atom. The largest absolute Gasteiger partial charge is 0.476 e. The zero-order valence-electron chi connectivity index (χ0n) is 8.97. The van der Waals surface area contributed by atoms with Gasteiger partial charge in [0.15, 0.2) is 0 Å². The summed E-state index contributed by atoms with van der Waals surface area (Å²) in [6.45, 7) is 0.630. The van der Waals surface area contributed by atoms with Gasteiger partial charge in [0.2, 0.25) is 5.01 Å². The summed E-state index contributed by atoms with van der Waals surface area (Å²) in [7, 11) is 1.72. The van der Waals surface area contributed by atoms with E-state index >= 15 is 0 Å². The van der Waals surface area contributed by atoms with Gasteiger partial charge in [-0.1, -0.05) is 0 Å². The van der Waals surface area contributed by atoms with Crippen LogP contribution in [0, 0.1) is 0 Å². The van der Waals surface area contributed by atoms with Gasteiger partial charge in [-0.05, 0) is 12.8 Å². The summed E-state index contributed by atoms with van der Waals surface area (Å²) < 4.78 is 5.17. The Morgan fingerprint density at radius 3 is 3.06 bits per heavy atom. The van der Waals surface area contributed by atoms with Crippen LogP contribution in [0.3, 0.4) is 0 Å². The minimum absolute atomic E-state index is 0.153. The summed E-state index contributed by atoms with van der Waals surface area (Å²) >= 11 is 1.16. The second kappa shape index (κ2) is 4.90. The van der Waals surface area contributed by atoms with E-state index in [1.165, 1.54) is 0 Å². The Hall–Kier alpha value is -0.980. The van der Waals surface area contributed by atoms with Gasteiger partial charge in [0.25, 0.3) is 0 Å². The van der Waals surface area contributed by atoms with Crippen LogP contribution in [0.4, 0.5) is 0 Å². The van der Waals surface area contributed by atoms with E-state index < -0.39 is 5.97 Å². The molecule has 0 atom stereocenters. The average molecular weight is 242 g/mol. The number of nitrogens with one attached hydrogen (secondary N) is 1. The molecule has 0 unspecified atom stereocenters. The summed E-state index contributed by atoms with van der Waals surface area (Å²) in [6, 6.07) is 0.472. The van der Waals surface area contributed by atoms with Crippen molar-refractivity contribution in [3.63, 3.8) is 0 Å². The third-order valence-corrected chi connectivity index (χ3v) is 3.61. The van der Waals surface area contributed by atoms with Crippen LogP contribution in [0.1, 0.15) is 28.3 Å². The molecule has 0 radical (unpaired) electrons. The molecule has 0 bridgehead atoms. The van der Waals surface area contributed by atoms with Crippen LogP contribution in [0.2, 0.25) is 0 Å². The van der Waals surface area contributed by atoms with Crippen molar-refractivity contribution in [1.29, 1.82) is 0 Å². The fraction of sp³-hybridized carbons (Fsp3) is 0.600. The molecule has 2 rings (SSSR count). The fourth-order valence-electron chi connectivity index (χ4n) is 1.66. The molecule has 0 spiro atoms. The number of nitrogens with zero attached hydrogens (tertiary/aromatic N) is 1. The number of carboxylic acids is 1. The van der Waals surface area contributed by atoms with Crippen molar-refractivity contribution in [1.82, 2.24) is 10.3 Å². The molecule has 6 heteroatoms. The highest BCUT2D eigenvalue weighted by Gasteiger charge is 2.28. The Balaban J connectivity index is 1.75. The van der Waals surface area contributed by atoms with Gasteiger partial charge in [-0.25, -0.2) is 9.78 Å². The average Bonchev–Trinajstić information content (AvgIpc) is 2.64. The Labute approximate surface area is 97.5 Å². The number of carbonyl (C=O) groups is 1. The molecule has 0 aliphatic heterocycles. The molecular weight excluding hydrogens is 228 g/mol. The first-order valence-corrected chi connectivity index (χ1v) is 6.01. The van der Waals surface area contributed by atoms with Gasteiger partial charge in [-0.3, -0.25) is 0 Å². The van der Waals surface area contributed by atoms with Crippen LogP contribution >= 0.6 is 11.3 Å². The van der Waals surface area contributed by atoms with E-state index in [2.05, 4.69) is 10.3 Å². The summed E-state index contributed by atoms with van der Waals surface area (Å²) in [5.41, 5.74) is 0.795. The van der Waals surface area contributed by atoms with Crippen molar-refractivity contribution >= 4 is 17.3 Å². The monoisotopic (exact) mass is 242 g/mol. The fourth-order valence-corrected chi connectivity index (χ4v) is 2.31. The predicted octanol–water partition coefficient (Wildman–Crippen LogP) is 1.11. The molecule has 0 amide bonds. The number of aromatic nitrogens is 1. The van der Waals surface area contributed by atoms with E-state index in [9.17, 15) is 4.79 Å². The first kappa shape index (κ1) is 11.5. The summed E-state index contributed by atoms with van der Waals surface area (Å²) in [4.78, 5) is 14.6. The van der Waals surface area contributed by atoms with Crippen LogP contribution in [0.5, 0.6) is 0 Å². The number of methoxy groups -OCH3 is 1. The van der Waals surface area contributed by atoms with Crippen LogP contribution in [-0.4, -0.2) is 35.3 Å². The zero-order valence-corrected chi connectivity index (χ0v) is 9.79. The lowest BCUT2D eigenvalue weighted by atomic mass is 9.89. The third-order valence-electron chi connectivity index (χ3n) is 2.73. The lowest BCUT2D eigenvalue weighted by Gasteiger charge is -2.34. The third kappa shape index (κ3) is 2.58. The summed E-state index contributed by atoms with van der Waals surface area (Å²) in [5.74, 6) is -0.959. The molecule has 88 valence electrons. The highest BCUT2D eigenvalue weighted by Crippen LogP contribution is 2.22. The number of hydrogen-bond donors (Lipinski definition) is 2. The van der Waals surface area contributed by atoms with E-state index in [0.29, 0.717) is 18.7 Å². The lowest BCUT2D eigenvalue weighted by Crippen LogP contribution is -2.44. The van der Waals surface area contributed by atoms with E-state index in [1.54, 1.807) is 12.5 Å². The van der Waals surface area contributed by atoms with Gasteiger partial charge in [0.1, 0.15) is 0 Å². The van der Waals surface area contributed by atoms with Crippen molar-refractivity contribution in [2.24, 2.45) is 0 Å². The maximum atomic E-state index is 10.6. The summed E-state index contributed by atoms with van der Waals surface area (Å²) in [6.07, 6.45) is 2.42. The van der Waals surface area contributed by atoms with E-state index in [1.807, 2.05) is 0 Å². The predicted molar refractivity (Wildman–Crippen MR) is 59.7 cm³/mol. The molecule has 0 aromatic carbocycles.